The van der Waals surface area contributed by atoms with E-state index in [-0.39, 0.29) is 4.90 Å². The molecule has 1 aromatic carbocycles. The Kier molecular flexibility index (Phi) is 8.36. The van der Waals surface area contributed by atoms with Crippen molar-refractivity contribution in [3.8, 4) is 0 Å². The summed E-state index contributed by atoms with van der Waals surface area (Å²) in [4.78, 5) is 18.2. The number of aliphatic carboxylic acids is 1. The molecular formula is C27H37N5O4S. The van der Waals surface area contributed by atoms with E-state index in [0.29, 0.717) is 54.0 Å². The third-order valence-electron chi connectivity index (χ3n) is 7.18. The lowest BCUT2D eigenvalue weighted by molar-refractivity contribution is -0.140. The highest BCUT2D eigenvalue weighted by Crippen LogP contribution is 2.35. The van der Waals surface area contributed by atoms with E-state index in [0.717, 1.165) is 18.5 Å². The molecule has 0 bridgehead atoms. The molecule has 1 aliphatic heterocycles. The van der Waals surface area contributed by atoms with Gasteiger partial charge in [0.25, 0.3) is 10.0 Å². The molecule has 10 heteroatoms. The highest BCUT2D eigenvalue weighted by atomic mass is 32.2. The number of aryl methyl sites for hydroxylation is 2. The van der Waals surface area contributed by atoms with Crippen LogP contribution in [0.3, 0.4) is 0 Å². The smallest absolute Gasteiger partial charge is 0.308 e. The molecule has 3 heterocycles. The molecule has 37 heavy (non-hydrogen) atoms. The van der Waals surface area contributed by atoms with E-state index in [1.807, 2.05) is 17.0 Å². The van der Waals surface area contributed by atoms with Gasteiger partial charge in [0.15, 0.2) is 0 Å². The van der Waals surface area contributed by atoms with E-state index in [9.17, 15) is 18.3 Å². The van der Waals surface area contributed by atoms with E-state index >= 15 is 0 Å². The molecule has 2 N–H and O–H groups in total. The minimum Gasteiger partial charge on any atom is -0.481 e. The molecule has 0 spiro atoms. The van der Waals surface area contributed by atoms with E-state index < -0.39 is 21.9 Å². The van der Waals surface area contributed by atoms with Crippen molar-refractivity contribution in [2.24, 2.45) is 5.92 Å². The van der Waals surface area contributed by atoms with Crippen molar-refractivity contribution in [3.05, 3.63) is 41.9 Å². The molecule has 3 aromatic rings. The number of benzene rings is 1. The quantitative estimate of drug-likeness (QED) is 0.314. The summed E-state index contributed by atoms with van der Waals surface area (Å²) in [5.41, 5.74) is 2.99. The number of carboxylic acids is 1. The van der Waals surface area contributed by atoms with Gasteiger partial charge in [0, 0.05) is 31.2 Å². The molecule has 1 saturated heterocycles. The van der Waals surface area contributed by atoms with Crippen LogP contribution in [0.25, 0.3) is 10.9 Å². The van der Waals surface area contributed by atoms with E-state index in [1.165, 1.54) is 25.7 Å². The lowest BCUT2D eigenvalue weighted by atomic mass is 10.1. The van der Waals surface area contributed by atoms with Crippen molar-refractivity contribution in [2.75, 3.05) is 22.7 Å². The molecule has 0 unspecified atom stereocenters. The largest absolute Gasteiger partial charge is 0.481 e. The Balaban J connectivity index is 1.56. The third-order valence-corrected chi connectivity index (χ3v) is 8.80. The van der Waals surface area contributed by atoms with E-state index in [2.05, 4.69) is 21.7 Å². The van der Waals surface area contributed by atoms with Gasteiger partial charge in [0.05, 0.1) is 34.2 Å². The zero-order chi connectivity index (χ0) is 26.6. The molecule has 200 valence electrons. The fourth-order valence-corrected chi connectivity index (χ4v) is 6.70. The van der Waals surface area contributed by atoms with Crippen LogP contribution in [-0.4, -0.2) is 47.3 Å². The van der Waals surface area contributed by atoms with Crippen molar-refractivity contribution in [2.45, 2.75) is 77.2 Å². The van der Waals surface area contributed by atoms with Crippen LogP contribution in [0.5, 0.6) is 0 Å². The molecule has 0 aliphatic carbocycles. The van der Waals surface area contributed by atoms with Crippen molar-refractivity contribution < 1.29 is 18.3 Å². The monoisotopic (exact) mass is 527 g/mol. The minimum absolute atomic E-state index is 0.212. The molecule has 0 saturated carbocycles. The lowest BCUT2D eigenvalue weighted by Crippen LogP contribution is -2.23. The molecule has 1 atom stereocenters. The van der Waals surface area contributed by atoms with Gasteiger partial charge in [0.1, 0.15) is 4.90 Å². The van der Waals surface area contributed by atoms with Crippen LogP contribution < -0.4 is 9.62 Å². The van der Waals surface area contributed by atoms with Gasteiger partial charge in [0.2, 0.25) is 0 Å². The average molecular weight is 528 g/mol. The molecule has 4 rings (SSSR count). The Bertz CT molecular complexity index is 1370. The predicted octanol–water partition coefficient (Wildman–Crippen LogP) is 5.12. The first-order valence-electron chi connectivity index (χ1n) is 13.1. The molecule has 0 amide bonds. The number of pyridine rings is 1. The van der Waals surface area contributed by atoms with Gasteiger partial charge in [-0.1, -0.05) is 39.0 Å². The average Bonchev–Trinajstić information content (AvgIpc) is 3.46. The molecule has 9 nitrogen and oxygen atoms in total. The van der Waals surface area contributed by atoms with Gasteiger partial charge < -0.3 is 10.0 Å². The van der Waals surface area contributed by atoms with Gasteiger partial charge >= 0.3 is 5.97 Å². The molecule has 2 aromatic heterocycles. The second-order valence-corrected chi connectivity index (χ2v) is 11.5. The second-order valence-electron chi connectivity index (χ2n) is 9.90. The van der Waals surface area contributed by atoms with Gasteiger partial charge in [-0.25, -0.2) is 8.42 Å². The van der Waals surface area contributed by atoms with Crippen molar-refractivity contribution in [1.29, 1.82) is 0 Å². The van der Waals surface area contributed by atoms with Gasteiger partial charge in [-0.05, 0) is 51.0 Å². The SMILES string of the molecule is CCCCCCCCn1nc(C)c(S(=O)(=O)Nc2ccc(N3CC[C@@H](C(=O)O)C3)c3ncccc23)c1C. The highest BCUT2D eigenvalue weighted by molar-refractivity contribution is 7.92. The summed E-state index contributed by atoms with van der Waals surface area (Å²) in [6.07, 6.45) is 9.18. The second kappa shape index (κ2) is 11.5. The highest BCUT2D eigenvalue weighted by Gasteiger charge is 2.30. The van der Waals surface area contributed by atoms with Gasteiger partial charge in [-0.3, -0.25) is 19.2 Å². The summed E-state index contributed by atoms with van der Waals surface area (Å²) in [6.45, 7) is 7.45. The number of hydrogen-bond acceptors (Lipinski definition) is 6. The zero-order valence-corrected chi connectivity index (χ0v) is 22.7. The fraction of sp³-hybridized carbons (Fsp3) is 0.519. The van der Waals surface area contributed by atoms with Crippen LogP contribution in [0.4, 0.5) is 11.4 Å². The van der Waals surface area contributed by atoms with Crippen LogP contribution in [0.15, 0.2) is 35.4 Å². The lowest BCUT2D eigenvalue weighted by Gasteiger charge is -2.21. The van der Waals surface area contributed by atoms with Gasteiger partial charge in [-0.15, -0.1) is 0 Å². The first-order chi connectivity index (χ1) is 17.7. The van der Waals surface area contributed by atoms with Crippen molar-refractivity contribution in [3.63, 3.8) is 0 Å². The first kappa shape index (κ1) is 26.9. The number of anilines is 2. The maximum Gasteiger partial charge on any atom is 0.308 e. The first-order valence-corrected chi connectivity index (χ1v) is 14.6. The standard InChI is InChI=1S/C27H37N5O4S/c1-4-5-6-7-8-9-16-32-20(3)26(19(2)29-32)37(35,36)30-23-12-13-24(25-22(23)11-10-15-28-25)31-17-14-21(18-31)27(33)34/h10-13,15,21,30H,4-9,14,16-18H2,1-3H3,(H,33,34)/t21-/m1/s1. The predicted molar refractivity (Wildman–Crippen MR) is 146 cm³/mol. The molecule has 0 radical (unpaired) electrons. The number of nitrogens with one attached hydrogen (secondary N) is 1. The Labute approximate surface area is 218 Å². The topological polar surface area (TPSA) is 117 Å². The summed E-state index contributed by atoms with van der Waals surface area (Å²) >= 11 is 0. The Hall–Kier alpha value is -3.14. The maximum atomic E-state index is 13.5. The van der Waals surface area contributed by atoms with Crippen LogP contribution in [-0.2, 0) is 21.4 Å². The number of sulfonamides is 1. The maximum absolute atomic E-state index is 13.5. The fourth-order valence-electron chi connectivity index (χ4n) is 5.21. The van der Waals surface area contributed by atoms with Crippen LogP contribution in [0.2, 0.25) is 0 Å². The minimum atomic E-state index is -3.89. The summed E-state index contributed by atoms with van der Waals surface area (Å²) in [7, 11) is -3.89. The number of hydrogen-bond donors (Lipinski definition) is 2. The van der Waals surface area contributed by atoms with E-state index in [1.54, 1.807) is 36.9 Å². The number of unbranched alkanes of at least 4 members (excludes halogenated alkanes) is 5. The number of rotatable bonds is 12. The van der Waals surface area contributed by atoms with E-state index in [4.69, 9.17) is 0 Å². The van der Waals surface area contributed by atoms with Crippen molar-refractivity contribution >= 4 is 38.3 Å². The molecule has 1 aliphatic rings. The zero-order valence-electron chi connectivity index (χ0n) is 21.9. The van der Waals surface area contributed by atoms with Crippen LogP contribution in [0, 0.1) is 19.8 Å². The molecule has 1 fully saturated rings. The third kappa shape index (κ3) is 5.89. The normalized spacial score (nSPS) is 16.0. The summed E-state index contributed by atoms with van der Waals surface area (Å²) < 4.78 is 31.7. The number of aromatic nitrogens is 3. The number of carbonyl (C=O) groups is 1. The molecular weight excluding hydrogens is 490 g/mol. The van der Waals surface area contributed by atoms with Crippen LogP contribution >= 0.6 is 0 Å². The summed E-state index contributed by atoms with van der Waals surface area (Å²) in [5.74, 6) is -1.22. The Morgan fingerprint density at radius 2 is 1.89 bits per heavy atom. The van der Waals surface area contributed by atoms with Crippen LogP contribution in [0.1, 0.15) is 63.3 Å². The Morgan fingerprint density at radius 1 is 1.14 bits per heavy atom. The number of nitrogens with zero attached hydrogens (tertiary/aromatic N) is 4. The summed E-state index contributed by atoms with van der Waals surface area (Å²) in [5, 5.41) is 14.6. The summed E-state index contributed by atoms with van der Waals surface area (Å²) in [6, 6.07) is 7.15. The van der Waals surface area contributed by atoms with Gasteiger partial charge in [-0.2, -0.15) is 5.10 Å². The number of carboxylic acid groups (broad SMARTS) is 1. The number of fused-ring (bicyclic) bond motifs is 1. The Morgan fingerprint density at radius 3 is 2.62 bits per heavy atom. The van der Waals surface area contributed by atoms with Crippen molar-refractivity contribution in [1.82, 2.24) is 14.8 Å².